The number of hydrogen-bond acceptors (Lipinski definition) is 2. The van der Waals surface area contributed by atoms with Gasteiger partial charge in [-0.15, -0.1) is 0 Å². The molecule has 0 amide bonds. The van der Waals surface area contributed by atoms with Gasteiger partial charge in [-0.3, -0.25) is 0 Å². The summed E-state index contributed by atoms with van der Waals surface area (Å²) in [6, 6.07) is 8.08. The van der Waals surface area contributed by atoms with Gasteiger partial charge in [0.1, 0.15) is 0 Å². The highest BCUT2D eigenvalue weighted by molar-refractivity contribution is 9.10. The first kappa shape index (κ1) is 10.7. The Labute approximate surface area is 86.9 Å². The molecule has 2 nitrogen and oxygen atoms in total. The predicted molar refractivity (Wildman–Crippen MR) is 57.5 cm³/mol. The lowest BCUT2D eigenvalue weighted by Gasteiger charge is -2.10. The van der Waals surface area contributed by atoms with Crippen molar-refractivity contribution >= 4 is 15.9 Å². The summed E-state index contributed by atoms with van der Waals surface area (Å²) < 4.78 is 1.07. The van der Waals surface area contributed by atoms with E-state index in [0.717, 1.165) is 10.9 Å². The maximum Gasteiger partial charge on any atom is 0.0474 e. The summed E-state index contributed by atoms with van der Waals surface area (Å²) in [6.07, 6.45) is 0.840. The monoisotopic (exact) mass is 243 g/mol. The number of aliphatic hydroxyl groups is 1. The molecular formula is C10H14BrNO. The summed E-state index contributed by atoms with van der Waals surface area (Å²) in [7, 11) is 0. The number of rotatable bonds is 4. The molecule has 3 N–H and O–H groups in total. The van der Waals surface area contributed by atoms with Crippen molar-refractivity contribution in [2.75, 3.05) is 13.2 Å². The molecule has 0 bridgehead atoms. The van der Waals surface area contributed by atoms with Crippen molar-refractivity contribution in [1.29, 1.82) is 0 Å². The normalized spacial score (nSPS) is 12.8. The van der Waals surface area contributed by atoms with Crippen LogP contribution in [0.3, 0.4) is 0 Å². The quantitative estimate of drug-likeness (QED) is 0.844. The van der Waals surface area contributed by atoms with Gasteiger partial charge < -0.3 is 10.8 Å². The van der Waals surface area contributed by atoms with E-state index in [-0.39, 0.29) is 12.5 Å². The Morgan fingerprint density at radius 2 is 2.23 bits per heavy atom. The van der Waals surface area contributed by atoms with Crippen LogP contribution in [0.15, 0.2) is 28.7 Å². The molecule has 1 atom stereocenters. The molecule has 0 fully saturated rings. The fourth-order valence-electron chi connectivity index (χ4n) is 1.22. The number of aliphatic hydroxyl groups excluding tert-OH is 1. The lowest BCUT2D eigenvalue weighted by atomic mass is 10.0. The first-order chi connectivity index (χ1) is 6.26. The number of nitrogens with two attached hydrogens (primary N) is 1. The third-order valence-electron chi connectivity index (χ3n) is 2.00. The number of halogens is 1. The smallest absolute Gasteiger partial charge is 0.0474 e. The van der Waals surface area contributed by atoms with E-state index in [9.17, 15) is 0 Å². The standard InChI is InChI=1S/C10H14BrNO/c11-10-3-1-2-8(5-10)4-9(6-12)7-13/h1-3,5,9,13H,4,6-7,12H2. The van der Waals surface area contributed by atoms with Gasteiger partial charge in [0.05, 0.1) is 0 Å². The van der Waals surface area contributed by atoms with Crippen LogP contribution in [0, 0.1) is 5.92 Å². The second kappa shape index (κ2) is 5.37. The molecule has 3 heteroatoms. The van der Waals surface area contributed by atoms with Gasteiger partial charge in [-0.2, -0.15) is 0 Å². The van der Waals surface area contributed by atoms with Crippen LogP contribution in [0.2, 0.25) is 0 Å². The van der Waals surface area contributed by atoms with Crippen LogP contribution >= 0.6 is 15.9 Å². The van der Waals surface area contributed by atoms with Crippen molar-refractivity contribution in [3.8, 4) is 0 Å². The molecule has 0 radical (unpaired) electrons. The molecular weight excluding hydrogens is 230 g/mol. The molecule has 1 rings (SSSR count). The summed E-state index contributed by atoms with van der Waals surface area (Å²) in [6.45, 7) is 0.687. The lowest BCUT2D eigenvalue weighted by molar-refractivity contribution is 0.230. The van der Waals surface area contributed by atoms with Crippen LogP contribution in [0.5, 0.6) is 0 Å². The highest BCUT2D eigenvalue weighted by atomic mass is 79.9. The molecule has 0 spiro atoms. The van der Waals surface area contributed by atoms with Gasteiger partial charge in [0.25, 0.3) is 0 Å². The van der Waals surface area contributed by atoms with Crippen molar-refractivity contribution in [2.24, 2.45) is 11.7 Å². The average molecular weight is 244 g/mol. The molecule has 0 aromatic heterocycles. The molecule has 0 saturated carbocycles. The Hall–Kier alpha value is -0.380. The molecule has 0 aliphatic rings. The molecule has 1 aromatic carbocycles. The van der Waals surface area contributed by atoms with Gasteiger partial charge in [-0.1, -0.05) is 28.1 Å². The first-order valence-electron chi connectivity index (χ1n) is 4.31. The van der Waals surface area contributed by atoms with Crippen molar-refractivity contribution < 1.29 is 5.11 Å². The van der Waals surface area contributed by atoms with Gasteiger partial charge in [0.2, 0.25) is 0 Å². The van der Waals surface area contributed by atoms with Crippen molar-refractivity contribution in [1.82, 2.24) is 0 Å². The largest absolute Gasteiger partial charge is 0.396 e. The molecule has 0 aliphatic heterocycles. The third kappa shape index (κ3) is 3.46. The molecule has 0 heterocycles. The van der Waals surface area contributed by atoms with Crippen molar-refractivity contribution in [3.05, 3.63) is 34.3 Å². The highest BCUT2D eigenvalue weighted by Crippen LogP contribution is 2.14. The zero-order valence-electron chi connectivity index (χ0n) is 7.41. The second-order valence-corrected chi connectivity index (χ2v) is 4.03. The van der Waals surface area contributed by atoms with Crippen LogP contribution in [0.1, 0.15) is 5.56 Å². The fourth-order valence-corrected chi connectivity index (χ4v) is 1.67. The van der Waals surface area contributed by atoms with Gasteiger partial charge in [-0.25, -0.2) is 0 Å². The Kier molecular flexibility index (Phi) is 4.42. The molecule has 0 aliphatic carbocycles. The van der Waals surface area contributed by atoms with Gasteiger partial charge in [0, 0.05) is 11.1 Å². The Balaban J connectivity index is 2.62. The van der Waals surface area contributed by atoms with E-state index in [1.807, 2.05) is 18.2 Å². The zero-order chi connectivity index (χ0) is 9.68. The Morgan fingerprint density at radius 3 is 2.77 bits per heavy atom. The number of benzene rings is 1. The third-order valence-corrected chi connectivity index (χ3v) is 2.50. The SMILES string of the molecule is NCC(CO)Cc1cccc(Br)c1. The summed E-state index contributed by atoms with van der Waals surface area (Å²) in [5.74, 6) is 0.175. The second-order valence-electron chi connectivity index (χ2n) is 3.12. The Bertz CT molecular complexity index is 261. The van der Waals surface area contributed by atoms with Gasteiger partial charge >= 0.3 is 0 Å². The topological polar surface area (TPSA) is 46.2 Å². The van der Waals surface area contributed by atoms with E-state index < -0.39 is 0 Å². The molecule has 1 aromatic rings. The van der Waals surface area contributed by atoms with Crippen LogP contribution < -0.4 is 5.73 Å². The fraction of sp³-hybridized carbons (Fsp3) is 0.400. The van der Waals surface area contributed by atoms with Crippen LogP contribution in [0.25, 0.3) is 0 Å². The predicted octanol–water partition coefficient (Wildman–Crippen LogP) is 1.56. The summed E-state index contributed by atoms with van der Waals surface area (Å²) in [5.41, 5.74) is 6.70. The maximum atomic E-state index is 8.96. The van der Waals surface area contributed by atoms with Crippen LogP contribution in [0.4, 0.5) is 0 Å². The maximum absolute atomic E-state index is 8.96. The molecule has 13 heavy (non-hydrogen) atoms. The van der Waals surface area contributed by atoms with E-state index in [1.54, 1.807) is 0 Å². The minimum Gasteiger partial charge on any atom is -0.396 e. The van der Waals surface area contributed by atoms with E-state index in [1.165, 1.54) is 5.56 Å². The van der Waals surface area contributed by atoms with Crippen molar-refractivity contribution in [2.45, 2.75) is 6.42 Å². The van der Waals surface area contributed by atoms with E-state index in [4.69, 9.17) is 10.8 Å². The van der Waals surface area contributed by atoms with Crippen LogP contribution in [-0.2, 0) is 6.42 Å². The molecule has 1 unspecified atom stereocenters. The lowest BCUT2D eigenvalue weighted by Crippen LogP contribution is -2.20. The Morgan fingerprint density at radius 1 is 1.46 bits per heavy atom. The van der Waals surface area contributed by atoms with Crippen molar-refractivity contribution in [3.63, 3.8) is 0 Å². The average Bonchev–Trinajstić information content (AvgIpc) is 2.14. The van der Waals surface area contributed by atoms with E-state index >= 15 is 0 Å². The summed E-state index contributed by atoms with van der Waals surface area (Å²) in [4.78, 5) is 0. The van der Waals surface area contributed by atoms with Gasteiger partial charge in [0.15, 0.2) is 0 Å². The highest BCUT2D eigenvalue weighted by Gasteiger charge is 2.05. The van der Waals surface area contributed by atoms with Crippen LogP contribution in [-0.4, -0.2) is 18.3 Å². The molecule has 0 saturated heterocycles. The zero-order valence-corrected chi connectivity index (χ0v) is 9.00. The number of hydrogen-bond donors (Lipinski definition) is 2. The van der Waals surface area contributed by atoms with E-state index in [0.29, 0.717) is 6.54 Å². The minimum absolute atomic E-state index is 0.156. The van der Waals surface area contributed by atoms with Gasteiger partial charge in [-0.05, 0) is 36.6 Å². The summed E-state index contributed by atoms with van der Waals surface area (Å²) in [5, 5.41) is 8.96. The minimum atomic E-state index is 0.156. The first-order valence-corrected chi connectivity index (χ1v) is 5.11. The van der Waals surface area contributed by atoms with E-state index in [2.05, 4.69) is 22.0 Å². The molecule has 72 valence electrons. The summed E-state index contributed by atoms with van der Waals surface area (Å²) >= 11 is 3.40.